The van der Waals surface area contributed by atoms with Crippen LogP contribution in [0.5, 0.6) is 11.5 Å². The maximum absolute atomic E-state index is 5.42. The quantitative estimate of drug-likeness (QED) is 0.574. The molecule has 0 radical (unpaired) electrons. The van der Waals surface area contributed by atoms with Crippen molar-refractivity contribution >= 4 is 11.2 Å². The Morgan fingerprint density at radius 1 is 1.04 bits per heavy atom. The Morgan fingerprint density at radius 3 is 3.00 bits per heavy atom. The molecule has 1 aliphatic rings. The van der Waals surface area contributed by atoms with Gasteiger partial charge in [0.05, 0.1) is 24.6 Å². The molecule has 0 saturated heterocycles. The van der Waals surface area contributed by atoms with E-state index in [1.54, 1.807) is 18.6 Å². The molecule has 5 rings (SSSR count). The SMILES string of the molecule is c1cnc2nc(-c3cnn(Cc4ccc5c(c4)OCO5)c3)cnc2c1. The Hall–Kier alpha value is -3.48. The second-order valence-corrected chi connectivity index (χ2v) is 5.72. The molecule has 0 N–H and O–H groups in total. The van der Waals surface area contributed by atoms with Crippen LogP contribution in [-0.2, 0) is 6.54 Å². The van der Waals surface area contributed by atoms with Crippen LogP contribution >= 0.6 is 0 Å². The van der Waals surface area contributed by atoms with Crippen LogP contribution < -0.4 is 9.47 Å². The summed E-state index contributed by atoms with van der Waals surface area (Å²) in [5.74, 6) is 1.56. The van der Waals surface area contributed by atoms with E-state index in [0.29, 0.717) is 12.2 Å². The zero-order chi connectivity index (χ0) is 16.6. The fourth-order valence-corrected chi connectivity index (χ4v) is 2.80. The largest absolute Gasteiger partial charge is 0.454 e. The van der Waals surface area contributed by atoms with Crippen LogP contribution in [0.25, 0.3) is 22.4 Å². The minimum Gasteiger partial charge on any atom is -0.454 e. The predicted molar refractivity (Wildman–Crippen MR) is 90.2 cm³/mol. The van der Waals surface area contributed by atoms with E-state index in [-0.39, 0.29) is 6.79 Å². The summed E-state index contributed by atoms with van der Waals surface area (Å²) in [6, 6.07) is 9.64. The molecular weight excluding hydrogens is 318 g/mol. The summed E-state index contributed by atoms with van der Waals surface area (Å²) in [5.41, 5.74) is 4.15. The molecule has 3 aromatic heterocycles. The fourth-order valence-electron chi connectivity index (χ4n) is 2.80. The van der Waals surface area contributed by atoms with E-state index in [2.05, 4.69) is 20.1 Å². The van der Waals surface area contributed by atoms with Crippen molar-refractivity contribution in [3.8, 4) is 22.8 Å². The van der Waals surface area contributed by atoms with Crippen LogP contribution in [0.15, 0.2) is 55.1 Å². The standard InChI is InChI=1S/C18H13N5O2/c1-2-14-18(19-5-1)22-15(8-20-14)13-7-21-23(10-13)9-12-3-4-16-17(6-12)25-11-24-16/h1-8,10H,9,11H2. The van der Waals surface area contributed by atoms with Gasteiger partial charge < -0.3 is 9.47 Å². The van der Waals surface area contributed by atoms with Gasteiger partial charge in [0.15, 0.2) is 17.1 Å². The molecule has 0 aliphatic carbocycles. The zero-order valence-electron chi connectivity index (χ0n) is 13.2. The van der Waals surface area contributed by atoms with Gasteiger partial charge in [0.2, 0.25) is 6.79 Å². The minimum atomic E-state index is 0.277. The normalized spacial score (nSPS) is 12.6. The third-order valence-electron chi connectivity index (χ3n) is 4.03. The zero-order valence-corrected chi connectivity index (χ0v) is 13.2. The molecule has 4 heterocycles. The molecule has 0 saturated carbocycles. The van der Waals surface area contributed by atoms with Crippen LogP contribution in [-0.4, -0.2) is 31.5 Å². The van der Waals surface area contributed by atoms with Gasteiger partial charge >= 0.3 is 0 Å². The summed E-state index contributed by atoms with van der Waals surface area (Å²) >= 11 is 0. The molecule has 1 aromatic carbocycles. The van der Waals surface area contributed by atoms with Crippen molar-refractivity contribution in [1.82, 2.24) is 24.7 Å². The highest BCUT2D eigenvalue weighted by Gasteiger charge is 2.13. The third-order valence-corrected chi connectivity index (χ3v) is 4.03. The number of nitrogens with zero attached hydrogens (tertiary/aromatic N) is 5. The van der Waals surface area contributed by atoms with Crippen molar-refractivity contribution < 1.29 is 9.47 Å². The molecule has 7 nitrogen and oxygen atoms in total. The van der Waals surface area contributed by atoms with E-state index in [0.717, 1.165) is 33.8 Å². The summed E-state index contributed by atoms with van der Waals surface area (Å²) < 4.78 is 12.6. The van der Waals surface area contributed by atoms with Gasteiger partial charge in [-0.05, 0) is 29.8 Å². The number of hydrogen-bond acceptors (Lipinski definition) is 6. The third kappa shape index (κ3) is 2.55. The highest BCUT2D eigenvalue weighted by Crippen LogP contribution is 2.32. The number of ether oxygens (including phenoxy) is 2. The summed E-state index contributed by atoms with van der Waals surface area (Å²) in [5, 5.41) is 4.42. The van der Waals surface area contributed by atoms with E-state index in [9.17, 15) is 0 Å². The van der Waals surface area contributed by atoms with Crippen LogP contribution in [0, 0.1) is 0 Å². The topological polar surface area (TPSA) is 75.0 Å². The Balaban J connectivity index is 1.42. The van der Waals surface area contributed by atoms with Gasteiger partial charge in [-0.3, -0.25) is 9.67 Å². The van der Waals surface area contributed by atoms with Crippen molar-refractivity contribution in [2.24, 2.45) is 0 Å². The minimum absolute atomic E-state index is 0.277. The molecule has 1 aliphatic heterocycles. The second-order valence-electron chi connectivity index (χ2n) is 5.72. The molecule has 4 aromatic rings. The Morgan fingerprint density at radius 2 is 2.00 bits per heavy atom. The molecule has 0 unspecified atom stereocenters. The summed E-state index contributed by atoms with van der Waals surface area (Å²) in [4.78, 5) is 13.2. The average molecular weight is 331 g/mol. The molecule has 0 spiro atoms. The number of benzene rings is 1. The lowest BCUT2D eigenvalue weighted by Gasteiger charge is -2.03. The number of hydrogen-bond donors (Lipinski definition) is 0. The number of aromatic nitrogens is 5. The monoisotopic (exact) mass is 331 g/mol. The lowest BCUT2D eigenvalue weighted by Crippen LogP contribution is -1.99. The molecule has 7 heteroatoms. The molecule has 0 bridgehead atoms. The molecule has 25 heavy (non-hydrogen) atoms. The predicted octanol–water partition coefficient (Wildman–Crippen LogP) is 2.67. The lowest BCUT2D eigenvalue weighted by molar-refractivity contribution is 0.174. The first-order valence-corrected chi connectivity index (χ1v) is 7.84. The van der Waals surface area contributed by atoms with Crippen molar-refractivity contribution in [3.05, 3.63) is 60.7 Å². The van der Waals surface area contributed by atoms with Gasteiger partial charge in [0.25, 0.3) is 0 Å². The molecule has 0 fully saturated rings. The highest BCUT2D eigenvalue weighted by atomic mass is 16.7. The van der Waals surface area contributed by atoms with Gasteiger partial charge in [0, 0.05) is 18.0 Å². The first kappa shape index (κ1) is 13.9. The number of pyridine rings is 1. The van der Waals surface area contributed by atoms with Crippen LogP contribution in [0.3, 0.4) is 0 Å². The van der Waals surface area contributed by atoms with Crippen LogP contribution in [0.4, 0.5) is 0 Å². The van der Waals surface area contributed by atoms with Crippen molar-refractivity contribution in [2.45, 2.75) is 6.54 Å². The summed E-state index contributed by atoms with van der Waals surface area (Å²) in [7, 11) is 0. The van der Waals surface area contributed by atoms with Crippen LogP contribution in [0.1, 0.15) is 5.56 Å². The van der Waals surface area contributed by atoms with E-state index >= 15 is 0 Å². The van der Waals surface area contributed by atoms with Gasteiger partial charge in [-0.15, -0.1) is 0 Å². The van der Waals surface area contributed by atoms with E-state index < -0.39 is 0 Å². The van der Waals surface area contributed by atoms with E-state index in [1.165, 1.54) is 0 Å². The van der Waals surface area contributed by atoms with Crippen LogP contribution in [0.2, 0.25) is 0 Å². The van der Waals surface area contributed by atoms with Gasteiger partial charge in [-0.2, -0.15) is 5.10 Å². The summed E-state index contributed by atoms with van der Waals surface area (Å²) in [6.07, 6.45) is 7.19. The first-order valence-electron chi connectivity index (χ1n) is 7.84. The van der Waals surface area contributed by atoms with Gasteiger partial charge in [-0.1, -0.05) is 6.07 Å². The Kier molecular flexibility index (Phi) is 3.09. The number of fused-ring (bicyclic) bond motifs is 2. The molecule has 122 valence electrons. The van der Waals surface area contributed by atoms with Crippen molar-refractivity contribution in [2.75, 3.05) is 6.79 Å². The first-order chi connectivity index (χ1) is 12.3. The lowest BCUT2D eigenvalue weighted by atomic mass is 10.2. The molecule has 0 atom stereocenters. The maximum Gasteiger partial charge on any atom is 0.231 e. The number of rotatable bonds is 3. The van der Waals surface area contributed by atoms with E-state index in [4.69, 9.17) is 9.47 Å². The average Bonchev–Trinajstić information content (AvgIpc) is 3.30. The second kappa shape index (κ2) is 5.55. The fraction of sp³-hybridized carbons (Fsp3) is 0.111. The highest BCUT2D eigenvalue weighted by molar-refractivity contribution is 5.72. The Bertz CT molecular complexity index is 1080. The molecule has 0 amide bonds. The maximum atomic E-state index is 5.42. The molecular formula is C18H13N5O2. The van der Waals surface area contributed by atoms with Crippen molar-refractivity contribution in [1.29, 1.82) is 0 Å². The van der Waals surface area contributed by atoms with Gasteiger partial charge in [0.1, 0.15) is 5.52 Å². The van der Waals surface area contributed by atoms with E-state index in [1.807, 2.05) is 41.2 Å². The van der Waals surface area contributed by atoms with Crippen molar-refractivity contribution in [3.63, 3.8) is 0 Å². The Labute approximate surface area is 142 Å². The smallest absolute Gasteiger partial charge is 0.231 e. The summed E-state index contributed by atoms with van der Waals surface area (Å²) in [6.45, 7) is 0.912. The van der Waals surface area contributed by atoms with Gasteiger partial charge in [-0.25, -0.2) is 9.97 Å².